The Labute approximate surface area is 168 Å². The van der Waals surface area contributed by atoms with Crippen molar-refractivity contribution < 1.29 is 9.47 Å². The van der Waals surface area contributed by atoms with Gasteiger partial charge in [0.15, 0.2) is 11.6 Å². The quantitative estimate of drug-likeness (QED) is 0.592. The van der Waals surface area contributed by atoms with Gasteiger partial charge in [0, 0.05) is 51.2 Å². The molecule has 3 N–H and O–H groups in total. The smallest absolute Gasteiger partial charge is 0.330 e. The van der Waals surface area contributed by atoms with Crippen molar-refractivity contribution in [2.45, 2.75) is 18.6 Å². The molecule has 5 aliphatic heterocycles. The number of aromatic amines is 1. The first-order chi connectivity index (χ1) is 14.4. The lowest BCUT2D eigenvalue weighted by Crippen LogP contribution is -2.73. The van der Waals surface area contributed by atoms with Crippen molar-refractivity contribution in [3.8, 4) is 0 Å². The normalized spacial score (nSPS) is 32.3. The number of hydrazine groups is 1. The summed E-state index contributed by atoms with van der Waals surface area (Å²) in [5, 5.41) is 5.56. The highest BCUT2D eigenvalue weighted by molar-refractivity contribution is 5.68. The van der Waals surface area contributed by atoms with Gasteiger partial charge in [0.2, 0.25) is 5.76 Å². The van der Waals surface area contributed by atoms with E-state index in [0.29, 0.717) is 24.8 Å². The van der Waals surface area contributed by atoms with Crippen molar-refractivity contribution in [1.82, 2.24) is 40.4 Å². The highest BCUT2D eigenvalue weighted by Crippen LogP contribution is 2.47. The maximum absolute atomic E-state index is 6.89. The van der Waals surface area contributed by atoms with Crippen LogP contribution in [-0.4, -0.2) is 94.2 Å². The molecule has 2 saturated heterocycles. The van der Waals surface area contributed by atoms with Gasteiger partial charge in [-0.1, -0.05) is 6.08 Å². The van der Waals surface area contributed by atoms with E-state index in [1.807, 2.05) is 18.7 Å². The minimum Gasteiger partial charge on any atom is -0.432 e. The van der Waals surface area contributed by atoms with Crippen molar-refractivity contribution in [2.75, 3.05) is 46.0 Å². The molecule has 6 rings (SSSR count). The van der Waals surface area contributed by atoms with Gasteiger partial charge < -0.3 is 30.1 Å². The van der Waals surface area contributed by atoms with Crippen LogP contribution in [0.15, 0.2) is 35.5 Å². The Morgan fingerprint density at radius 3 is 2.86 bits per heavy atom. The molecule has 0 bridgehead atoms. The van der Waals surface area contributed by atoms with E-state index in [4.69, 9.17) is 9.47 Å². The van der Waals surface area contributed by atoms with Gasteiger partial charge >= 0.3 is 5.97 Å². The summed E-state index contributed by atoms with van der Waals surface area (Å²) in [5.74, 6) is 1.46. The van der Waals surface area contributed by atoms with Gasteiger partial charge in [-0.05, 0) is 0 Å². The van der Waals surface area contributed by atoms with Gasteiger partial charge in [-0.3, -0.25) is 9.89 Å². The number of aromatic nitrogens is 2. The van der Waals surface area contributed by atoms with Gasteiger partial charge in [-0.15, -0.1) is 5.01 Å². The fourth-order valence-electron chi connectivity index (χ4n) is 4.47. The second-order valence-electron chi connectivity index (χ2n) is 7.53. The molecule has 11 heteroatoms. The first-order valence-corrected chi connectivity index (χ1v) is 10.1. The summed E-state index contributed by atoms with van der Waals surface area (Å²) in [4.78, 5) is 18.9. The summed E-state index contributed by atoms with van der Waals surface area (Å²) >= 11 is 0. The Hall–Kier alpha value is -2.60. The molecule has 0 aliphatic carbocycles. The molecule has 1 aromatic rings. The average molecular weight is 399 g/mol. The predicted molar refractivity (Wildman–Crippen MR) is 104 cm³/mol. The molecule has 2 unspecified atom stereocenters. The number of H-pyrrole nitrogens is 1. The van der Waals surface area contributed by atoms with Crippen molar-refractivity contribution in [3.63, 3.8) is 0 Å². The highest BCUT2D eigenvalue weighted by Gasteiger charge is 2.62. The molecule has 0 spiro atoms. The molecule has 2 atom stereocenters. The molecule has 0 amide bonds. The summed E-state index contributed by atoms with van der Waals surface area (Å²) in [6.45, 7) is 5.50. The number of nitrogens with one attached hydrogen (secondary N) is 3. The molecule has 0 saturated carbocycles. The van der Waals surface area contributed by atoms with Gasteiger partial charge in [0.1, 0.15) is 6.23 Å². The lowest BCUT2D eigenvalue weighted by atomic mass is 10.2. The number of hydrogen-bond donors (Lipinski definition) is 3. The van der Waals surface area contributed by atoms with Crippen molar-refractivity contribution >= 4 is 12.1 Å². The van der Waals surface area contributed by atoms with Crippen LogP contribution in [-0.2, 0) is 9.47 Å². The monoisotopic (exact) mass is 399 g/mol. The number of ether oxygens (including phenoxy) is 2. The van der Waals surface area contributed by atoms with E-state index in [-0.39, 0.29) is 6.23 Å². The lowest BCUT2D eigenvalue weighted by molar-refractivity contribution is -0.326. The van der Waals surface area contributed by atoms with Crippen LogP contribution in [0.3, 0.4) is 0 Å². The zero-order chi connectivity index (χ0) is 19.3. The third-order valence-electron chi connectivity index (χ3n) is 5.88. The molecule has 29 heavy (non-hydrogen) atoms. The first kappa shape index (κ1) is 17.3. The fourth-order valence-corrected chi connectivity index (χ4v) is 4.47. The van der Waals surface area contributed by atoms with E-state index in [0.717, 1.165) is 45.0 Å². The van der Waals surface area contributed by atoms with Crippen molar-refractivity contribution in [3.05, 3.63) is 36.3 Å². The fraction of sp³-hybridized carbons (Fsp3) is 0.556. The maximum Gasteiger partial charge on any atom is 0.330 e. The molecule has 2 fully saturated rings. The van der Waals surface area contributed by atoms with Crippen LogP contribution in [0.25, 0.3) is 5.76 Å². The number of nitrogens with zero attached hydrogens (tertiary/aromatic N) is 6. The first-order valence-electron chi connectivity index (χ1n) is 10.1. The maximum atomic E-state index is 6.89. The van der Waals surface area contributed by atoms with Crippen LogP contribution in [0.2, 0.25) is 0 Å². The largest absolute Gasteiger partial charge is 0.432 e. The number of rotatable bonds is 5. The van der Waals surface area contributed by atoms with Crippen LogP contribution in [0.4, 0.5) is 0 Å². The Morgan fingerprint density at radius 1 is 1.28 bits per heavy atom. The predicted octanol–water partition coefficient (Wildman–Crippen LogP) is -0.734. The standard InChI is InChI=1S/C18H25N9O2/c1-3-23-26(8-1)18(25-10-7-20-13-25)27(14-2-11-28-14)17(24-9-6-19-12-24)15(29-18)16-21-4-5-22-16/h1,3-5,12,14,20,23H,2,6-11,13H2,(H,21,22). The van der Waals surface area contributed by atoms with Crippen LogP contribution >= 0.6 is 0 Å². The number of hydrogen-bond acceptors (Lipinski definition) is 10. The van der Waals surface area contributed by atoms with Crippen LogP contribution < -0.4 is 10.7 Å². The van der Waals surface area contributed by atoms with Gasteiger partial charge in [-0.25, -0.2) is 9.88 Å². The molecular formula is C18H25N9O2. The third kappa shape index (κ3) is 2.51. The summed E-state index contributed by atoms with van der Waals surface area (Å²) in [6, 6.07) is 0. The summed E-state index contributed by atoms with van der Waals surface area (Å²) in [7, 11) is 0. The number of aliphatic imine (C=N–C) groups is 1. The van der Waals surface area contributed by atoms with Gasteiger partial charge in [0.05, 0.1) is 26.2 Å². The van der Waals surface area contributed by atoms with Crippen LogP contribution in [0.5, 0.6) is 0 Å². The van der Waals surface area contributed by atoms with Crippen molar-refractivity contribution in [2.24, 2.45) is 4.99 Å². The minimum absolute atomic E-state index is 0.0885. The zero-order valence-corrected chi connectivity index (χ0v) is 16.1. The van der Waals surface area contributed by atoms with E-state index in [1.165, 1.54) is 0 Å². The number of imidazole rings is 1. The van der Waals surface area contributed by atoms with E-state index in [1.54, 1.807) is 6.20 Å². The molecule has 1 aromatic heterocycles. The minimum atomic E-state index is -0.883. The summed E-state index contributed by atoms with van der Waals surface area (Å²) < 4.78 is 12.9. The van der Waals surface area contributed by atoms with Crippen molar-refractivity contribution in [1.29, 1.82) is 0 Å². The van der Waals surface area contributed by atoms with E-state index < -0.39 is 5.97 Å². The Morgan fingerprint density at radius 2 is 2.24 bits per heavy atom. The molecule has 0 aromatic carbocycles. The zero-order valence-electron chi connectivity index (χ0n) is 16.1. The Bertz CT molecular complexity index is 832. The highest BCUT2D eigenvalue weighted by atomic mass is 16.6. The summed E-state index contributed by atoms with van der Waals surface area (Å²) in [6.07, 6.45) is 10.4. The SMILES string of the molecule is C1=CNN(C2(N3CCNC3)OC(c3ncc[nH]3)=C(N3C=NCC3)N2C2CCO2)C1. The molecule has 11 nitrogen and oxygen atoms in total. The van der Waals surface area contributed by atoms with E-state index in [9.17, 15) is 0 Å². The topological polar surface area (TPSA) is 96.5 Å². The lowest BCUT2D eigenvalue weighted by Gasteiger charge is -2.53. The molecule has 5 aliphatic rings. The third-order valence-corrected chi connectivity index (χ3v) is 5.88. The molecule has 0 radical (unpaired) electrons. The van der Waals surface area contributed by atoms with Crippen LogP contribution in [0, 0.1) is 0 Å². The molecule has 154 valence electrons. The molecule has 6 heterocycles. The second kappa shape index (κ2) is 6.73. The summed E-state index contributed by atoms with van der Waals surface area (Å²) in [5.41, 5.74) is 3.38. The van der Waals surface area contributed by atoms with E-state index >= 15 is 0 Å². The van der Waals surface area contributed by atoms with Gasteiger partial charge in [-0.2, -0.15) is 0 Å². The van der Waals surface area contributed by atoms with E-state index in [2.05, 4.69) is 51.5 Å². The second-order valence-corrected chi connectivity index (χ2v) is 7.53. The Kier molecular flexibility index (Phi) is 4.01. The molecular weight excluding hydrogens is 374 g/mol. The van der Waals surface area contributed by atoms with Crippen LogP contribution in [0.1, 0.15) is 12.2 Å². The Balaban J connectivity index is 1.52. The average Bonchev–Trinajstić information content (AvgIpc) is 3.53. The van der Waals surface area contributed by atoms with Gasteiger partial charge in [0.25, 0.3) is 0 Å².